The van der Waals surface area contributed by atoms with Crippen molar-refractivity contribution < 1.29 is 32.4 Å². The second-order valence-electron chi connectivity index (χ2n) is 8.28. The molecule has 0 N–H and O–H groups in total. The third-order valence-corrected chi connectivity index (χ3v) is 6.06. The molecule has 4 rings (SSSR count). The number of alkyl halides is 3. The van der Waals surface area contributed by atoms with Gasteiger partial charge in [0.2, 0.25) is 5.75 Å². The summed E-state index contributed by atoms with van der Waals surface area (Å²) in [5.74, 6) is -1.36. The molecule has 14 heteroatoms. The smallest absolute Gasteiger partial charge is 0.416 e. The fraction of sp³-hybridized carbons (Fsp3) is 0.154. The lowest BCUT2D eigenvalue weighted by molar-refractivity contribution is -0.386. The van der Waals surface area contributed by atoms with Crippen LogP contribution in [0.25, 0.3) is 22.3 Å². The van der Waals surface area contributed by atoms with Crippen molar-refractivity contribution in [3.05, 3.63) is 96.7 Å². The number of esters is 1. The summed E-state index contributed by atoms with van der Waals surface area (Å²) < 4.78 is 51.5. The molecule has 0 saturated carbocycles. The maximum absolute atomic E-state index is 13.4. The van der Waals surface area contributed by atoms with Gasteiger partial charge in [0, 0.05) is 21.7 Å². The average Bonchev–Trinajstić information content (AvgIpc) is 2.92. The van der Waals surface area contributed by atoms with E-state index < -0.39 is 40.0 Å². The van der Waals surface area contributed by atoms with Crippen LogP contribution in [0.3, 0.4) is 0 Å². The highest BCUT2D eigenvalue weighted by molar-refractivity contribution is 9.10. The molecule has 4 aromatic rings. The van der Waals surface area contributed by atoms with Gasteiger partial charge in [-0.2, -0.15) is 22.9 Å². The predicted octanol–water partition coefficient (Wildman–Crippen LogP) is 5.58. The molecule has 0 unspecified atom stereocenters. The largest absolute Gasteiger partial charge is 0.471 e. The monoisotopic (exact) mass is 618 g/mol. The Balaban J connectivity index is 1.95. The van der Waals surface area contributed by atoms with Gasteiger partial charge in [-0.3, -0.25) is 14.9 Å². The first-order chi connectivity index (χ1) is 18.9. The van der Waals surface area contributed by atoms with Crippen molar-refractivity contribution in [3.8, 4) is 17.1 Å². The Bertz CT molecular complexity index is 1720. The second-order valence-corrected chi connectivity index (χ2v) is 9.19. The average molecular weight is 619 g/mol. The number of hydrogen-bond donors (Lipinski definition) is 0. The molecule has 0 aliphatic carbocycles. The van der Waals surface area contributed by atoms with Crippen molar-refractivity contribution in [1.29, 1.82) is 0 Å². The Morgan fingerprint density at radius 2 is 1.90 bits per heavy atom. The van der Waals surface area contributed by atoms with E-state index in [0.29, 0.717) is 0 Å². The molecule has 0 spiro atoms. The van der Waals surface area contributed by atoms with Gasteiger partial charge in [-0.1, -0.05) is 40.2 Å². The quantitative estimate of drug-likeness (QED) is 0.115. The first-order valence-electron chi connectivity index (χ1n) is 11.4. The Labute approximate surface area is 231 Å². The number of fused-ring (bicyclic) bond motifs is 1. The lowest BCUT2D eigenvalue weighted by atomic mass is 10.1. The van der Waals surface area contributed by atoms with Crippen LogP contribution in [0.1, 0.15) is 18.1 Å². The van der Waals surface area contributed by atoms with Gasteiger partial charge in [0.15, 0.2) is 11.9 Å². The van der Waals surface area contributed by atoms with Crippen molar-refractivity contribution in [1.82, 2.24) is 9.66 Å². The van der Waals surface area contributed by atoms with E-state index in [1.165, 1.54) is 37.3 Å². The fourth-order valence-corrected chi connectivity index (χ4v) is 4.19. The van der Waals surface area contributed by atoms with Crippen LogP contribution in [0.2, 0.25) is 0 Å². The van der Waals surface area contributed by atoms with E-state index in [0.717, 1.165) is 36.2 Å². The van der Waals surface area contributed by atoms with Gasteiger partial charge in [0.25, 0.3) is 5.56 Å². The molecule has 0 saturated heterocycles. The van der Waals surface area contributed by atoms with Crippen LogP contribution < -0.4 is 10.3 Å². The number of carbonyl (C=O) groups is 1. The van der Waals surface area contributed by atoms with E-state index in [1.807, 2.05) is 0 Å². The highest BCUT2D eigenvalue weighted by atomic mass is 79.9. The van der Waals surface area contributed by atoms with Crippen molar-refractivity contribution in [2.24, 2.45) is 5.10 Å². The Morgan fingerprint density at radius 3 is 2.58 bits per heavy atom. The van der Waals surface area contributed by atoms with Gasteiger partial charge in [-0.25, -0.2) is 9.78 Å². The topological polar surface area (TPSA) is 126 Å². The van der Waals surface area contributed by atoms with Crippen molar-refractivity contribution >= 4 is 44.7 Å². The number of methoxy groups -OCH3 is 1. The van der Waals surface area contributed by atoms with Crippen LogP contribution in [0.15, 0.2) is 75.0 Å². The maximum atomic E-state index is 13.4. The third-order valence-electron chi connectivity index (χ3n) is 5.60. The molecule has 0 aliphatic heterocycles. The van der Waals surface area contributed by atoms with Crippen LogP contribution >= 0.6 is 15.9 Å². The minimum absolute atomic E-state index is 0.0214. The van der Waals surface area contributed by atoms with Gasteiger partial charge in [-0.05, 0) is 37.3 Å². The number of ether oxygens (including phenoxy) is 2. The highest BCUT2D eigenvalue weighted by Crippen LogP contribution is 2.35. The molecule has 0 bridgehead atoms. The van der Waals surface area contributed by atoms with Crippen LogP contribution in [-0.2, 0) is 15.7 Å². The summed E-state index contributed by atoms with van der Waals surface area (Å²) in [6.45, 7) is 1.32. The minimum Gasteiger partial charge on any atom is -0.471 e. The number of para-hydroxylation sites is 1. The SMILES string of the molecule is COC(=O)[C@H](C)Oc1c(C=Nn2c(-c3cccc(C(F)(F)F)c3)nc3ccccc3c2=O)cc(Br)cc1[N+](=O)[O-]. The summed E-state index contributed by atoms with van der Waals surface area (Å²) in [6.07, 6.45) is -4.85. The molecule has 1 aromatic heterocycles. The van der Waals surface area contributed by atoms with Gasteiger partial charge in [0.05, 0.1) is 34.7 Å². The van der Waals surface area contributed by atoms with E-state index in [-0.39, 0.29) is 38.1 Å². The number of nitro benzene ring substituents is 1. The number of nitro groups is 1. The van der Waals surface area contributed by atoms with E-state index in [9.17, 15) is 32.9 Å². The number of hydrogen-bond acceptors (Lipinski definition) is 8. The summed E-state index contributed by atoms with van der Waals surface area (Å²) in [5, 5.41) is 16.1. The first kappa shape index (κ1) is 28.4. The molecule has 1 heterocycles. The molecule has 0 fully saturated rings. The van der Waals surface area contributed by atoms with Gasteiger partial charge in [0.1, 0.15) is 0 Å². The third kappa shape index (κ3) is 5.86. The van der Waals surface area contributed by atoms with Gasteiger partial charge in [-0.15, -0.1) is 0 Å². The van der Waals surface area contributed by atoms with Crippen LogP contribution in [-0.4, -0.2) is 40.0 Å². The van der Waals surface area contributed by atoms with Crippen LogP contribution in [0.5, 0.6) is 5.75 Å². The molecule has 3 aromatic carbocycles. The highest BCUT2D eigenvalue weighted by Gasteiger charge is 2.31. The summed E-state index contributed by atoms with van der Waals surface area (Å²) in [4.78, 5) is 40.8. The molecule has 1 atom stereocenters. The number of halogens is 4. The molecule has 40 heavy (non-hydrogen) atoms. The zero-order chi connectivity index (χ0) is 29.2. The number of nitrogens with zero attached hydrogens (tertiary/aromatic N) is 4. The van der Waals surface area contributed by atoms with Crippen LogP contribution in [0.4, 0.5) is 18.9 Å². The van der Waals surface area contributed by atoms with Crippen molar-refractivity contribution in [2.75, 3.05) is 7.11 Å². The van der Waals surface area contributed by atoms with Gasteiger partial charge >= 0.3 is 17.8 Å². The zero-order valence-electron chi connectivity index (χ0n) is 20.7. The first-order valence-corrected chi connectivity index (χ1v) is 12.2. The molecule has 0 radical (unpaired) electrons. The summed E-state index contributed by atoms with van der Waals surface area (Å²) in [6, 6.07) is 13.0. The Hall–Kier alpha value is -4.59. The minimum atomic E-state index is -4.65. The van der Waals surface area contributed by atoms with Crippen molar-refractivity contribution in [2.45, 2.75) is 19.2 Å². The van der Waals surface area contributed by atoms with E-state index in [1.54, 1.807) is 12.1 Å². The summed E-state index contributed by atoms with van der Waals surface area (Å²) in [5.41, 5.74) is -2.03. The standard InChI is InChI=1S/C26H18BrF3N4O6/c1-14(25(36)39-2)40-22-16(11-18(27)12-21(22)34(37)38)13-31-33-23(15-6-5-7-17(10-15)26(28,29)30)32-20-9-4-3-8-19(20)24(33)35/h3-14H,1-2H3/t14-/m0/s1. The second kappa shape index (κ2) is 11.3. The fourth-order valence-electron chi connectivity index (χ4n) is 3.72. The molecule has 10 nitrogen and oxygen atoms in total. The van der Waals surface area contributed by atoms with E-state index in [2.05, 4.69) is 30.8 Å². The van der Waals surface area contributed by atoms with E-state index >= 15 is 0 Å². The number of aromatic nitrogens is 2. The van der Waals surface area contributed by atoms with Gasteiger partial charge < -0.3 is 9.47 Å². The van der Waals surface area contributed by atoms with Crippen LogP contribution in [0, 0.1) is 10.1 Å². The van der Waals surface area contributed by atoms with Crippen molar-refractivity contribution in [3.63, 3.8) is 0 Å². The molecule has 0 amide bonds. The Kier molecular flexibility index (Phi) is 8.00. The molecular weight excluding hydrogens is 601 g/mol. The summed E-state index contributed by atoms with van der Waals surface area (Å²) in [7, 11) is 1.12. The lowest BCUT2D eigenvalue weighted by Gasteiger charge is -2.15. The Morgan fingerprint density at radius 1 is 1.18 bits per heavy atom. The molecule has 206 valence electrons. The normalized spacial score (nSPS) is 12.4. The molecular formula is C26H18BrF3N4O6. The lowest BCUT2D eigenvalue weighted by Crippen LogP contribution is -2.26. The number of carbonyl (C=O) groups excluding carboxylic acids is 1. The predicted molar refractivity (Wildman–Crippen MR) is 142 cm³/mol. The number of rotatable bonds is 7. The zero-order valence-corrected chi connectivity index (χ0v) is 22.3. The number of benzene rings is 3. The summed E-state index contributed by atoms with van der Waals surface area (Å²) >= 11 is 3.17. The maximum Gasteiger partial charge on any atom is 0.416 e. The van der Waals surface area contributed by atoms with E-state index in [4.69, 9.17) is 4.74 Å². The molecule has 0 aliphatic rings.